The number of aryl methyl sites for hydroxylation is 1. The molecule has 2 aromatic carbocycles. The Kier molecular flexibility index (Phi) is 3.78. The van der Waals surface area contributed by atoms with Gasteiger partial charge in [0.1, 0.15) is 0 Å². The van der Waals surface area contributed by atoms with E-state index in [0.717, 1.165) is 31.5 Å². The van der Waals surface area contributed by atoms with E-state index in [2.05, 4.69) is 46.6 Å². The molecule has 1 heterocycles. The number of amides is 1. The van der Waals surface area contributed by atoms with E-state index in [9.17, 15) is 4.79 Å². The maximum absolute atomic E-state index is 12.0. The highest BCUT2D eigenvalue weighted by molar-refractivity contribution is 5.94. The largest absolute Gasteiger partial charge is 0.367 e. The Morgan fingerprint density at radius 1 is 1.09 bits per heavy atom. The summed E-state index contributed by atoms with van der Waals surface area (Å²) >= 11 is 0. The number of carbonyl (C=O) groups excluding carboxylic acids is 1. The quantitative estimate of drug-likeness (QED) is 0.937. The Morgan fingerprint density at radius 2 is 1.87 bits per heavy atom. The summed E-state index contributed by atoms with van der Waals surface area (Å²) in [5, 5.41) is 3.03. The molecule has 1 saturated carbocycles. The van der Waals surface area contributed by atoms with Crippen LogP contribution in [0.5, 0.6) is 0 Å². The number of para-hydroxylation sites is 1. The summed E-state index contributed by atoms with van der Waals surface area (Å²) in [6, 6.07) is 17.1. The van der Waals surface area contributed by atoms with Gasteiger partial charge in [0.2, 0.25) is 0 Å². The fraction of sp³-hybridized carbons (Fsp3) is 0.350. The second-order valence-corrected chi connectivity index (χ2v) is 6.60. The Balaban J connectivity index is 1.46. The Morgan fingerprint density at radius 3 is 2.65 bits per heavy atom. The molecule has 1 aliphatic carbocycles. The summed E-state index contributed by atoms with van der Waals surface area (Å²) in [7, 11) is 0. The van der Waals surface area contributed by atoms with Gasteiger partial charge in [-0.25, -0.2) is 0 Å². The zero-order chi connectivity index (χ0) is 15.6. The van der Waals surface area contributed by atoms with Gasteiger partial charge < -0.3 is 10.2 Å². The van der Waals surface area contributed by atoms with E-state index in [1.54, 1.807) is 0 Å². The van der Waals surface area contributed by atoms with Crippen LogP contribution in [-0.2, 0) is 13.0 Å². The molecule has 1 amide bonds. The Hall–Kier alpha value is -2.29. The fourth-order valence-corrected chi connectivity index (χ4v) is 3.25. The lowest BCUT2D eigenvalue weighted by Gasteiger charge is -2.31. The minimum absolute atomic E-state index is 0.0577. The summed E-state index contributed by atoms with van der Waals surface area (Å²) in [5.74, 6) is 0.0577. The average Bonchev–Trinajstić information content (AvgIpc) is 3.40. The van der Waals surface area contributed by atoms with Gasteiger partial charge in [-0.3, -0.25) is 4.79 Å². The zero-order valence-corrected chi connectivity index (χ0v) is 13.3. The molecule has 2 aromatic rings. The third kappa shape index (κ3) is 3.24. The van der Waals surface area contributed by atoms with Crippen LogP contribution >= 0.6 is 0 Å². The van der Waals surface area contributed by atoms with Gasteiger partial charge >= 0.3 is 0 Å². The van der Waals surface area contributed by atoms with E-state index in [1.165, 1.54) is 29.7 Å². The summed E-state index contributed by atoms with van der Waals surface area (Å²) in [4.78, 5) is 14.5. The van der Waals surface area contributed by atoms with Crippen LogP contribution in [-0.4, -0.2) is 18.5 Å². The molecule has 0 radical (unpaired) electrons. The lowest BCUT2D eigenvalue weighted by Crippen LogP contribution is -2.28. The van der Waals surface area contributed by atoms with Crippen molar-refractivity contribution in [3.8, 4) is 0 Å². The smallest absolute Gasteiger partial charge is 0.251 e. The van der Waals surface area contributed by atoms with Crippen molar-refractivity contribution in [1.82, 2.24) is 5.32 Å². The van der Waals surface area contributed by atoms with E-state index in [1.807, 2.05) is 12.1 Å². The van der Waals surface area contributed by atoms with Crippen molar-refractivity contribution in [3.05, 3.63) is 65.2 Å². The number of hydrogen-bond acceptors (Lipinski definition) is 2. The molecule has 23 heavy (non-hydrogen) atoms. The highest BCUT2D eigenvalue weighted by atomic mass is 16.1. The van der Waals surface area contributed by atoms with Crippen LogP contribution in [0.15, 0.2) is 48.5 Å². The molecule has 118 valence electrons. The lowest BCUT2D eigenvalue weighted by atomic mass is 10.0. The monoisotopic (exact) mass is 306 g/mol. The van der Waals surface area contributed by atoms with Crippen LogP contribution in [0.4, 0.5) is 5.69 Å². The molecule has 0 unspecified atom stereocenters. The van der Waals surface area contributed by atoms with Gasteiger partial charge in [-0.1, -0.05) is 30.3 Å². The van der Waals surface area contributed by atoms with E-state index in [-0.39, 0.29) is 5.91 Å². The number of fused-ring (bicyclic) bond motifs is 1. The number of rotatable bonds is 4. The molecule has 1 fully saturated rings. The third-order valence-electron chi connectivity index (χ3n) is 4.71. The van der Waals surface area contributed by atoms with Crippen LogP contribution in [0.25, 0.3) is 0 Å². The molecule has 0 spiro atoms. The first-order chi connectivity index (χ1) is 11.3. The van der Waals surface area contributed by atoms with Crippen molar-refractivity contribution in [3.63, 3.8) is 0 Å². The molecular weight excluding hydrogens is 284 g/mol. The molecule has 0 atom stereocenters. The molecule has 3 nitrogen and oxygen atoms in total. The molecule has 2 aliphatic rings. The minimum atomic E-state index is 0.0577. The predicted octanol–water partition coefficient (Wildman–Crippen LogP) is 3.53. The highest BCUT2D eigenvalue weighted by Crippen LogP contribution is 2.28. The number of anilines is 1. The van der Waals surface area contributed by atoms with Crippen molar-refractivity contribution >= 4 is 11.6 Å². The van der Waals surface area contributed by atoms with Gasteiger partial charge in [-0.05, 0) is 55.0 Å². The molecule has 1 aliphatic heterocycles. The lowest BCUT2D eigenvalue weighted by molar-refractivity contribution is 0.0951. The van der Waals surface area contributed by atoms with Crippen LogP contribution in [0, 0.1) is 0 Å². The topological polar surface area (TPSA) is 32.3 Å². The Bertz CT molecular complexity index is 704. The van der Waals surface area contributed by atoms with Crippen molar-refractivity contribution in [1.29, 1.82) is 0 Å². The molecule has 4 rings (SSSR count). The van der Waals surface area contributed by atoms with Crippen LogP contribution in [0.2, 0.25) is 0 Å². The maximum atomic E-state index is 12.0. The third-order valence-corrected chi connectivity index (χ3v) is 4.71. The van der Waals surface area contributed by atoms with Gasteiger partial charge in [0.15, 0.2) is 0 Å². The second-order valence-electron chi connectivity index (χ2n) is 6.60. The van der Waals surface area contributed by atoms with E-state index >= 15 is 0 Å². The molecule has 1 N–H and O–H groups in total. The molecule has 0 aromatic heterocycles. The van der Waals surface area contributed by atoms with Gasteiger partial charge in [0.25, 0.3) is 5.91 Å². The van der Waals surface area contributed by atoms with Crippen LogP contribution in [0.3, 0.4) is 0 Å². The zero-order valence-electron chi connectivity index (χ0n) is 13.3. The number of hydrogen-bond donors (Lipinski definition) is 1. The molecular formula is C20H22N2O. The minimum Gasteiger partial charge on any atom is -0.367 e. The second kappa shape index (κ2) is 6.07. The summed E-state index contributed by atoms with van der Waals surface area (Å²) in [6.45, 7) is 2.00. The first-order valence-electron chi connectivity index (χ1n) is 8.52. The molecule has 3 heteroatoms. The predicted molar refractivity (Wildman–Crippen MR) is 92.7 cm³/mol. The first kappa shape index (κ1) is 14.3. The number of carbonyl (C=O) groups is 1. The maximum Gasteiger partial charge on any atom is 0.251 e. The number of nitrogens with zero attached hydrogens (tertiary/aromatic N) is 1. The van der Waals surface area contributed by atoms with Crippen molar-refractivity contribution in [2.45, 2.75) is 38.3 Å². The Labute approximate surface area is 137 Å². The van der Waals surface area contributed by atoms with E-state index in [4.69, 9.17) is 0 Å². The van der Waals surface area contributed by atoms with E-state index in [0.29, 0.717) is 6.04 Å². The van der Waals surface area contributed by atoms with Gasteiger partial charge in [0, 0.05) is 30.4 Å². The SMILES string of the molecule is O=C(NC1CC1)c1ccc(CN2CCCc3ccccc32)cc1. The van der Waals surface area contributed by atoms with Gasteiger partial charge in [-0.2, -0.15) is 0 Å². The molecule has 0 saturated heterocycles. The number of benzene rings is 2. The standard InChI is InChI=1S/C20H22N2O/c23-20(21-18-11-12-18)17-9-7-15(8-10-17)14-22-13-3-5-16-4-1-2-6-19(16)22/h1-2,4,6-10,18H,3,5,11-14H2,(H,21,23). The first-order valence-corrected chi connectivity index (χ1v) is 8.52. The normalized spacial score (nSPS) is 16.8. The fourth-order valence-electron chi connectivity index (χ4n) is 3.25. The van der Waals surface area contributed by atoms with Crippen molar-refractivity contribution < 1.29 is 4.79 Å². The van der Waals surface area contributed by atoms with E-state index < -0.39 is 0 Å². The van der Waals surface area contributed by atoms with Gasteiger partial charge in [0.05, 0.1) is 0 Å². The van der Waals surface area contributed by atoms with Crippen LogP contribution in [0.1, 0.15) is 40.7 Å². The van der Waals surface area contributed by atoms with Gasteiger partial charge in [-0.15, -0.1) is 0 Å². The van der Waals surface area contributed by atoms with Crippen LogP contribution < -0.4 is 10.2 Å². The number of nitrogens with one attached hydrogen (secondary N) is 1. The summed E-state index contributed by atoms with van der Waals surface area (Å²) < 4.78 is 0. The summed E-state index contributed by atoms with van der Waals surface area (Å²) in [5.41, 5.74) is 4.82. The molecule has 0 bridgehead atoms. The summed E-state index contributed by atoms with van der Waals surface area (Å²) in [6.07, 6.45) is 4.63. The average molecular weight is 306 g/mol. The van der Waals surface area contributed by atoms with Crippen molar-refractivity contribution in [2.24, 2.45) is 0 Å². The highest BCUT2D eigenvalue weighted by Gasteiger charge is 2.23. The van der Waals surface area contributed by atoms with Crippen molar-refractivity contribution in [2.75, 3.05) is 11.4 Å².